The molecule has 0 radical (unpaired) electrons. The van der Waals surface area contributed by atoms with Gasteiger partial charge in [-0.05, 0) is 51.7 Å². The van der Waals surface area contributed by atoms with Crippen LogP contribution in [0.4, 0.5) is 14.9 Å². The number of piperidine rings is 1. The molecule has 1 aromatic rings. The van der Waals surface area contributed by atoms with Gasteiger partial charge in [0.25, 0.3) is 0 Å². The van der Waals surface area contributed by atoms with Crippen molar-refractivity contribution in [3.63, 3.8) is 0 Å². The Balaban J connectivity index is 2.28. The Hall–Kier alpha value is -2.68. The number of benzene rings is 1. The van der Waals surface area contributed by atoms with Crippen LogP contribution in [0.3, 0.4) is 0 Å². The Kier molecular flexibility index (Phi) is 8.69. The molecular formula is C25H37FN2O6. The number of rotatable bonds is 5. The number of hydrogen-bond acceptors (Lipinski definition) is 6. The fourth-order valence-corrected chi connectivity index (χ4v) is 3.92. The van der Waals surface area contributed by atoms with Crippen LogP contribution in [0, 0.1) is 23.1 Å². The van der Waals surface area contributed by atoms with Crippen LogP contribution < -0.4 is 5.32 Å². The van der Waals surface area contributed by atoms with Crippen LogP contribution in [0.2, 0.25) is 0 Å². The van der Waals surface area contributed by atoms with Gasteiger partial charge in [-0.1, -0.05) is 26.8 Å². The van der Waals surface area contributed by atoms with Gasteiger partial charge in [-0.25, -0.2) is 9.18 Å². The van der Waals surface area contributed by atoms with Gasteiger partial charge in [0.05, 0.1) is 19.1 Å². The molecule has 1 aliphatic rings. The number of ether oxygens (including phenoxy) is 2. The second-order valence-electron chi connectivity index (χ2n) is 10.7. The lowest BCUT2D eigenvalue weighted by Crippen LogP contribution is -2.44. The number of carbonyl (C=O) groups is 3. The lowest BCUT2D eigenvalue weighted by atomic mass is 9.78. The largest absolute Gasteiger partial charge is 0.469 e. The molecule has 1 heterocycles. The molecule has 2 amide bonds. The smallest absolute Gasteiger partial charge is 0.410 e. The standard InChI is InChI=1S/C25H37FN2O6/c1-24(2,3)22(31)27-17-10-8-9-16(26)19(17)20(29)18(21(30)33-7)15-11-13-28(14-12-15)23(32)34-25(4,5)6/h8-10,15,18,20,29H,11-14H2,1-7H3,(H,27,31)/t18-,20+/m1/s1. The fraction of sp³-hybridized carbons (Fsp3) is 0.640. The van der Waals surface area contributed by atoms with Crippen molar-refractivity contribution in [3.8, 4) is 0 Å². The molecular weight excluding hydrogens is 443 g/mol. The van der Waals surface area contributed by atoms with Crippen molar-refractivity contribution in [1.29, 1.82) is 0 Å². The molecule has 2 N–H and O–H groups in total. The third kappa shape index (κ3) is 6.91. The summed E-state index contributed by atoms with van der Waals surface area (Å²) in [5.74, 6) is -3.22. The molecule has 0 bridgehead atoms. The van der Waals surface area contributed by atoms with Gasteiger partial charge in [0.1, 0.15) is 11.4 Å². The van der Waals surface area contributed by atoms with E-state index in [-0.39, 0.29) is 23.1 Å². The van der Waals surface area contributed by atoms with Gasteiger partial charge < -0.3 is 24.8 Å². The van der Waals surface area contributed by atoms with Crippen LogP contribution in [-0.2, 0) is 19.1 Å². The molecule has 190 valence electrons. The monoisotopic (exact) mass is 480 g/mol. The lowest BCUT2D eigenvalue weighted by Gasteiger charge is -2.37. The summed E-state index contributed by atoms with van der Waals surface area (Å²) in [7, 11) is 1.21. The minimum absolute atomic E-state index is 0.104. The van der Waals surface area contributed by atoms with Crippen molar-refractivity contribution in [2.75, 3.05) is 25.5 Å². The molecule has 1 saturated heterocycles. The van der Waals surface area contributed by atoms with Crippen molar-refractivity contribution in [2.24, 2.45) is 17.3 Å². The first kappa shape index (κ1) is 27.6. The van der Waals surface area contributed by atoms with E-state index in [2.05, 4.69) is 5.32 Å². The van der Waals surface area contributed by atoms with E-state index >= 15 is 0 Å². The number of aliphatic hydroxyl groups excluding tert-OH is 1. The van der Waals surface area contributed by atoms with Crippen molar-refractivity contribution in [3.05, 3.63) is 29.6 Å². The van der Waals surface area contributed by atoms with Crippen molar-refractivity contribution >= 4 is 23.7 Å². The second kappa shape index (κ2) is 10.7. The van der Waals surface area contributed by atoms with Gasteiger partial charge in [0.15, 0.2) is 0 Å². The molecule has 0 spiro atoms. The van der Waals surface area contributed by atoms with Crippen LogP contribution in [0.5, 0.6) is 0 Å². The predicted octanol–water partition coefficient (Wildman–Crippen LogP) is 4.28. The number of nitrogens with zero attached hydrogens (tertiary/aromatic N) is 1. The Labute approximate surface area is 200 Å². The number of halogens is 1. The predicted molar refractivity (Wildman–Crippen MR) is 125 cm³/mol. The summed E-state index contributed by atoms with van der Waals surface area (Å²) in [4.78, 5) is 39.2. The molecule has 1 aromatic carbocycles. The average molecular weight is 481 g/mol. The molecule has 1 fully saturated rings. The first-order chi connectivity index (χ1) is 15.7. The molecule has 2 atom stereocenters. The Bertz CT molecular complexity index is 898. The summed E-state index contributed by atoms with van der Waals surface area (Å²) >= 11 is 0. The van der Waals surface area contributed by atoms with Crippen LogP contribution in [0.1, 0.15) is 66.1 Å². The Morgan fingerprint density at radius 3 is 2.21 bits per heavy atom. The summed E-state index contributed by atoms with van der Waals surface area (Å²) in [6.45, 7) is 11.1. The zero-order valence-corrected chi connectivity index (χ0v) is 21.1. The summed E-state index contributed by atoms with van der Waals surface area (Å²) in [6.07, 6.45) is -1.20. The lowest BCUT2D eigenvalue weighted by molar-refractivity contribution is -0.153. The van der Waals surface area contributed by atoms with E-state index < -0.39 is 40.9 Å². The van der Waals surface area contributed by atoms with Crippen molar-refractivity contribution in [1.82, 2.24) is 4.90 Å². The fourth-order valence-electron chi connectivity index (χ4n) is 3.92. The third-order valence-electron chi connectivity index (χ3n) is 5.79. The second-order valence-corrected chi connectivity index (χ2v) is 10.7. The molecule has 9 heteroatoms. The van der Waals surface area contributed by atoms with E-state index in [1.807, 2.05) is 0 Å². The molecule has 0 unspecified atom stereocenters. The quantitative estimate of drug-likeness (QED) is 0.610. The molecule has 34 heavy (non-hydrogen) atoms. The van der Waals surface area contributed by atoms with Crippen LogP contribution in [0.25, 0.3) is 0 Å². The topological polar surface area (TPSA) is 105 Å². The molecule has 0 aliphatic carbocycles. The maximum atomic E-state index is 14.9. The van der Waals surface area contributed by atoms with E-state index in [0.29, 0.717) is 25.9 Å². The number of anilines is 1. The van der Waals surface area contributed by atoms with E-state index in [9.17, 15) is 23.9 Å². The van der Waals surface area contributed by atoms with Crippen LogP contribution in [0.15, 0.2) is 18.2 Å². The zero-order valence-electron chi connectivity index (χ0n) is 21.1. The van der Waals surface area contributed by atoms with Gasteiger partial charge in [0.2, 0.25) is 5.91 Å². The number of amides is 2. The van der Waals surface area contributed by atoms with E-state index in [4.69, 9.17) is 9.47 Å². The van der Waals surface area contributed by atoms with Crippen molar-refractivity contribution in [2.45, 2.75) is 66.1 Å². The van der Waals surface area contributed by atoms with E-state index in [0.717, 1.165) is 0 Å². The average Bonchev–Trinajstić information content (AvgIpc) is 2.72. The van der Waals surface area contributed by atoms with E-state index in [1.165, 1.54) is 25.3 Å². The molecule has 1 aliphatic heterocycles. The van der Waals surface area contributed by atoms with Crippen LogP contribution >= 0.6 is 0 Å². The first-order valence-electron chi connectivity index (χ1n) is 11.5. The van der Waals surface area contributed by atoms with Gasteiger partial charge in [0, 0.05) is 29.8 Å². The molecule has 8 nitrogen and oxygen atoms in total. The van der Waals surface area contributed by atoms with Crippen molar-refractivity contribution < 1.29 is 33.4 Å². The number of nitrogens with one attached hydrogen (secondary N) is 1. The molecule has 0 aromatic heterocycles. The maximum absolute atomic E-state index is 14.9. The van der Waals surface area contributed by atoms with Gasteiger partial charge in [-0.3, -0.25) is 9.59 Å². The Morgan fingerprint density at radius 1 is 1.12 bits per heavy atom. The minimum Gasteiger partial charge on any atom is -0.469 e. The third-order valence-corrected chi connectivity index (χ3v) is 5.79. The van der Waals surface area contributed by atoms with Crippen LogP contribution in [-0.4, -0.2) is 53.8 Å². The summed E-state index contributed by atoms with van der Waals surface area (Å²) in [5.41, 5.74) is -1.43. The van der Waals surface area contributed by atoms with Gasteiger partial charge in [-0.15, -0.1) is 0 Å². The maximum Gasteiger partial charge on any atom is 0.410 e. The van der Waals surface area contributed by atoms with Gasteiger partial charge in [-0.2, -0.15) is 0 Å². The SMILES string of the molecule is COC(=O)[C@H](C1CCN(C(=O)OC(C)(C)C)CC1)[C@H](O)c1c(F)cccc1NC(=O)C(C)(C)C. The number of hydrogen-bond donors (Lipinski definition) is 2. The van der Waals surface area contributed by atoms with Gasteiger partial charge >= 0.3 is 12.1 Å². The number of likely N-dealkylation sites (tertiary alicyclic amines) is 1. The highest BCUT2D eigenvalue weighted by Gasteiger charge is 2.41. The summed E-state index contributed by atoms with van der Waals surface area (Å²) in [5, 5.41) is 13.9. The zero-order chi connectivity index (χ0) is 25.8. The highest BCUT2D eigenvalue weighted by molar-refractivity contribution is 5.95. The first-order valence-corrected chi connectivity index (χ1v) is 11.5. The molecule has 2 rings (SSSR count). The van der Waals surface area contributed by atoms with E-state index in [1.54, 1.807) is 46.4 Å². The number of methoxy groups -OCH3 is 1. The number of esters is 1. The Morgan fingerprint density at radius 2 is 1.71 bits per heavy atom. The number of aliphatic hydroxyl groups is 1. The summed E-state index contributed by atoms with van der Waals surface area (Å²) in [6, 6.07) is 4.09. The number of carbonyl (C=O) groups excluding carboxylic acids is 3. The highest BCUT2D eigenvalue weighted by Crippen LogP contribution is 2.39. The normalized spacial score (nSPS) is 17.0. The molecule has 0 saturated carbocycles. The summed E-state index contributed by atoms with van der Waals surface area (Å²) < 4.78 is 25.3. The highest BCUT2D eigenvalue weighted by atomic mass is 19.1. The minimum atomic E-state index is -1.55.